The summed E-state index contributed by atoms with van der Waals surface area (Å²) in [6, 6.07) is 11.1. The minimum Gasteiger partial charge on any atom is -0.493 e. The van der Waals surface area contributed by atoms with Crippen LogP contribution in [0.1, 0.15) is 38.3 Å². The first-order valence-corrected chi connectivity index (χ1v) is 11.2. The number of carbonyl (C=O) groups excluding carboxylic acids is 1. The second-order valence-corrected chi connectivity index (χ2v) is 9.45. The van der Waals surface area contributed by atoms with Gasteiger partial charge in [0.15, 0.2) is 23.1 Å². The van der Waals surface area contributed by atoms with Gasteiger partial charge in [0.2, 0.25) is 5.95 Å². The maximum absolute atomic E-state index is 13.5. The van der Waals surface area contributed by atoms with E-state index < -0.39 is 11.0 Å². The molecule has 2 aliphatic rings. The van der Waals surface area contributed by atoms with Crippen LogP contribution in [0.2, 0.25) is 0 Å². The topological polar surface area (TPSA) is 121 Å². The maximum Gasteiger partial charge on any atom is 0.270 e. The van der Waals surface area contributed by atoms with E-state index in [4.69, 9.17) is 14.6 Å². The zero-order valence-corrected chi connectivity index (χ0v) is 19.9. The van der Waals surface area contributed by atoms with Crippen LogP contribution in [0.4, 0.5) is 11.6 Å². The number of hydrogen-bond acceptors (Lipinski definition) is 8. The molecule has 3 aromatic rings. The van der Waals surface area contributed by atoms with Crippen LogP contribution in [-0.4, -0.2) is 39.7 Å². The average Bonchev–Trinajstić information content (AvgIpc) is 3.25. The van der Waals surface area contributed by atoms with Gasteiger partial charge in [-0.15, -0.1) is 5.10 Å². The highest BCUT2D eigenvalue weighted by molar-refractivity contribution is 6.00. The third-order valence-electron chi connectivity index (χ3n) is 6.38. The molecule has 0 fully saturated rings. The molecule has 1 aliphatic heterocycles. The number of Topliss-reactive ketones (excluding diaryl/α,β-unsaturated/α-hetero) is 1. The van der Waals surface area contributed by atoms with E-state index in [1.54, 1.807) is 37.1 Å². The van der Waals surface area contributed by atoms with Gasteiger partial charge in [-0.3, -0.25) is 14.9 Å². The number of fused-ring (bicyclic) bond motifs is 1. The summed E-state index contributed by atoms with van der Waals surface area (Å²) in [5.41, 5.74) is 2.36. The van der Waals surface area contributed by atoms with Gasteiger partial charge >= 0.3 is 0 Å². The molecule has 1 atom stereocenters. The summed E-state index contributed by atoms with van der Waals surface area (Å²) in [6.07, 6.45) is 1.06. The fourth-order valence-electron chi connectivity index (χ4n) is 4.90. The molecule has 2 aromatic carbocycles. The van der Waals surface area contributed by atoms with E-state index >= 15 is 0 Å². The Labute approximate surface area is 201 Å². The number of nitrogens with zero attached hydrogens (tertiary/aromatic N) is 4. The molecule has 0 saturated carbocycles. The molecule has 0 bridgehead atoms. The zero-order chi connectivity index (χ0) is 24.9. The van der Waals surface area contributed by atoms with Gasteiger partial charge in [0.05, 0.1) is 19.1 Å². The van der Waals surface area contributed by atoms with E-state index in [1.165, 1.54) is 12.1 Å². The number of aromatic nitrogens is 3. The molecule has 1 N–H and O–H groups in total. The summed E-state index contributed by atoms with van der Waals surface area (Å²) < 4.78 is 12.9. The van der Waals surface area contributed by atoms with Crippen molar-refractivity contribution in [3.8, 4) is 22.9 Å². The van der Waals surface area contributed by atoms with Gasteiger partial charge in [0.25, 0.3) is 5.69 Å². The van der Waals surface area contributed by atoms with Crippen LogP contribution in [0.3, 0.4) is 0 Å². The van der Waals surface area contributed by atoms with E-state index in [-0.39, 0.29) is 16.9 Å². The summed E-state index contributed by atoms with van der Waals surface area (Å²) in [6.45, 7) is 4.12. The van der Waals surface area contributed by atoms with Crippen molar-refractivity contribution >= 4 is 17.4 Å². The van der Waals surface area contributed by atoms with Crippen LogP contribution in [-0.2, 0) is 4.79 Å². The number of allylic oxidation sites excluding steroid dienone is 2. The Bertz CT molecular complexity index is 1390. The molecule has 0 saturated heterocycles. The lowest BCUT2D eigenvalue weighted by molar-refractivity contribution is -0.384. The first-order chi connectivity index (χ1) is 16.7. The first-order valence-electron chi connectivity index (χ1n) is 11.2. The second-order valence-electron chi connectivity index (χ2n) is 9.45. The van der Waals surface area contributed by atoms with Gasteiger partial charge in [-0.05, 0) is 17.9 Å². The highest BCUT2D eigenvalue weighted by Gasteiger charge is 2.43. The number of hydrogen-bond donors (Lipinski definition) is 1. The molecule has 1 aromatic heterocycles. The number of nitro groups is 1. The van der Waals surface area contributed by atoms with E-state index in [0.29, 0.717) is 52.8 Å². The number of nitro benzene ring substituents is 1. The van der Waals surface area contributed by atoms with Crippen molar-refractivity contribution in [3.63, 3.8) is 0 Å². The second kappa shape index (κ2) is 8.23. The van der Waals surface area contributed by atoms with Crippen molar-refractivity contribution in [3.05, 3.63) is 69.4 Å². The van der Waals surface area contributed by atoms with Gasteiger partial charge in [0, 0.05) is 41.0 Å². The Hall–Kier alpha value is -4.21. The minimum atomic E-state index is -0.602. The van der Waals surface area contributed by atoms with E-state index in [0.717, 1.165) is 5.70 Å². The lowest BCUT2D eigenvalue weighted by Crippen LogP contribution is -2.36. The lowest BCUT2D eigenvalue weighted by Gasteiger charge is -2.38. The molecule has 1 unspecified atom stereocenters. The van der Waals surface area contributed by atoms with Crippen LogP contribution in [0.5, 0.6) is 11.5 Å². The number of benzene rings is 2. The standard InChI is InChI=1S/C25H25N5O5/c1-25(2)12-17-20(18(31)13-25)21(16-9-6-10-19(34-3)22(16)35-4)29-24(26-17)27-23(28-29)14-7-5-8-15(11-14)30(32)33/h5-11,21H,12-13H2,1-4H3,(H,26,27,28). The highest BCUT2D eigenvalue weighted by Crippen LogP contribution is 2.48. The van der Waals surface area contributed by atoms with Gasteiger partial charge in [-0.25, -0.2) is 4.68 Å². The SMILES string of the molecule is COc1cccc(C2C3=C(CC(C)(C)CC3=O)Nc3nc(-c4cccc([N+](=O)[O-])c4)nn32)c1OC. The van der Waals surface area contributed by atoms with Crippen LogP contribution in [0.25, 0.3) is 11.4 Å². The van der Waals surface area contributed by atoms with Crippen molar-refractivity contribution in [2.75, 3.05) is 19.5 Å². The summed E-state index contributed by atoms with van der Waals surface area (Å²) in [4.78, 5) is 29.0. The van der Waals surface area contributed by atoms with Crippen molar-refractivity contribution < 1.29 is 19.2 Å². The summed E-state index contributed by atoms with van der Waals surface area (Å²) >= 11 is 0. The summed E-state index contributed by atoms with van der Waals surface area (Å²) in [5.74, 6) is 1.83. The Kier molecular flexibility index (Phi) is 5.31. The average molecular weight is 476 g/mol. The first kappa shape index (κ1) is 22.6. The normalized spacial score (nSPS) is 18.4. The van der Waals surface area contributed by atoms with Crippen molar-refractivity contribution in [1.82, 2.24) is 14.8 Å². The molecule has 0 radical (unpaired) electrons. The van der Waals surface area contributed by atoms with Gasteiger partial charge in [-0.1, -0.05) is 38.1 Å². The number of ketones is 1. The number of methoxy groups -OCH3 is 2. The summed E-state index contributed by atoms with van der Waals surface area (Å²) in [5, 5.41) is 19.3. The molecule has 180 valence electrons. The molecule has 1 aliphatic carbocycles. The van der Waals surface area contributed by atoms with Crippen LogP contribution in [0.15, 0.2) is 53.7 Å². The summed E-state index contributed by atoms with van der Waals surface area (Å²) in [7, 11) is 3.12. The van der Waals surface area contributed by atoms with Crippen molar-refractivity contribution in [2.24, 2.45) is 5.41 Å². The van der Waals surface area contributed by atoms with E-state index in [9.17, 15) is 14.9 Å². The van der Waals surface area contributed by atoms with Crippen molar-refractivity contribution in [2.45, 2.75) is 32.7 Å². The molecule has 10 heteroatoms. The maximum atomic E-state index is 13.5. The quantitative estimate of drug-likeness (QED) is 0.422. The van der Waals surface area contributed by atoms with Gasteiger partial charge in [-0.2, -0.15) is 4.98 Å². The third-order valence-corrected chi connectivity index (χ3v) is 6.38. The largest absolute Gasteiger partial charge is 0.493 e. The van der Waals surface area contributed by atoms with Gasteiger partial charge < -0.3 is 14.8 Å². The Morgan fingerprint density at radius 3 is 2.63 bits per heavy atom. The Morgan fingerprint density at radius 2 is 1.91 bits per heavy atom. The molecule has 2 heterocycles. The van der Waals surface area contributed by atoms with Crippen LogP contribution < -0.4 is 14.8 Å². The number of rotatable bonds is 5. The van der Waals surface area contributed by atoms with Crippen LogP contribution >= 0.6 is 0 Å². The molecular weight excluding hydrogens is 450 g/mol. The number of carbonyl (C=O) groups is 1. The number of nitrogens with one attached hydrogen (secondary N) is 1. The van der Waals surface area contributed by atoms with Crippen LogP contribution in [0, 0.1) is 15.5 Å². The number of anilines is 1. The predicted octanol–water partition coefficient (Wildman–Crippen LogP) is 4.53. The fourth-order valence-corrected chi connectivity index (χ4v) is 4.90. The molecule has 0 amide bonds. The van der Waals surface area contributed by atoms with E-state index in [1.807, 2.05) is 12.1 Å². The van der Waals surface area contributed by atoms with Gasteiger partial charge in [0.1, 0.15) is 6.04 Å². The molecule has 5 rings (SSSR count). The Morgan fingerprint density at radius 1 is 1.14 bits per heavy atom. The minimum absolute atomic E-state index is 0.0247. The molecule has 35 heavy (non-hydrogen) atoms. The number of ether oxygens (including phenoxy) is 2. The molecule has 10 nitrogen and oxygen atoms in total. The van der Waals surface area contributed by atoms with E-state index in [2.05, 4.69) is 24.1 Å². The fraction of sp³-hybridized carbons (Fsp3) is 0.320. The third kappa shape index (κ3) is 3.80. The zero-order valence-electron chi connectivity index (χ0n) is 19.9. The number of para-hydroxylation sites is 1. The highest BCUT2D eigenvalue weighted by atomic mass is 16.6. The molecular formula is C25H25N5O5. The Balaban J connectivity index is 1.72. The number of non-ortho nitro benzene ring substituents is 1. The smallest absolute Gasteiger partial charge is 0.270 e. The lowest BCUT2D eigenvalue weighted by atomic mass is 9.73. The molecule has 0 spiro atoms. The monoisotopic (exact) mass is 475 g/mol. The predicted molar refractivity (Wildman–Crippen MR) is 128 cm³/mol. The van der Waals surface area contributed by atoms with Crippen molar-refractivity contribution in [1.29, 1.82) is 0 Å².